The summed E-state index contributed by atoms with van der Waals surface area (Å²) in [6, 6.07) is 0. The third-order valence-electron chi connectivity index (χ3n) is 3.96. The Balaban J connectivity index is 2.05. The second-order valence-corrected chi connectivity index (χ2v) is 5.66. The minimum Gasteiger partial charge on any atom is -0.481 e. The normalized spacial score (nSPS) is 20.9. The van der Waals surface area contributed by atoms with E-state index in [-0.39, 0.29) is 5.92 Å². The molecule has 2 heteroatoms. The van der Waals surface area contributed by atoms with E-state index in [2.05, 4.69) is 6.92 Å². The lowest BCUT2D eigenvalue weighted by atomic mass is 9.91. The van der Waals surface area contributed by atoms with Gasteiger partial charge in [-0.05, 0) is 18.3 Å². The van der Waals surface area contributed by atoms with E-state index in [4.69, 9.17) is 5.11 Å². The second-order valence-electron chi connectivity index (χ2n) is 5.66. The molecular formula is C14H26O2. The predicted molar refractivity (Wildman–Crippen MR) is 66.4 cm³/mol. The van der Waals surface area contributed by atoms with Gasteiger partial charge in [0.1, 0.15) is 0 Å². The molecule has 0 aromatic heterocycles. The third kappa shape index (κ3) is 5.00. The van der Waals surface area contributed by atoms with Crippen LogP contribution in [-0.4, -0.2) is 11.1 Å². The molecule has 0 heterocycles. The fourth-order valence-electron chi connectivity index (χ4n) is 2.88. The molecule has 0 bridgehead atoms. The lowest BCUT2D eigenvalue weighted by molar-refractivity contribution is -0.141. The molecule has 2 unspecified atom stereocenters. The quantitative estimate of drug-likeness (QED) is 0.709. The van der Waals surface area contributed by atoms with Crippen LogP contribution in [0.1, 0.15) is 65.2 Å². The number of carboxylic acids is 1. The molecule has 94 valence electrons. The SMILES string of the molecule is CC(CCCC1CCCC1)CC(C)C(=O)O. The zero-order valence-corrected chi connectivity index (χ0v) is 10.7. The van der Waals surface area contributed by atoms with Gasteiger partial charge in [0.15, 0.2) is 0 Å². The van der Waals surface area contributed by atoms with Gasteiger partial charge < -0.3 is 5.11 Å². The number of rotatable bonds is 7. The van der Waals surface area contributed by atoms with E-state index in [0.29, 0.717) is 5.92 Å². The molecule has 1 fully saturated rings. The van der Waals surface area contributed by atoms with Crippen molar-refractivity contribution in [1.29, 1.82) is 0 Å². The van der Waals surface area contributed by atoms with Crippen molar-refractivity contribution in [3.8, 4) is 0 Å². The fourth-order valence-corrected chi connectivity index (χ4v) is 2.88. The molecule has 2 atom stereocenters. The van der Waals surface area contributed by atoms with E-state index in [1.807, 2.05) is 6.92 Å². The highest BCUT2D eigenvalue weighted by Crippen LogP contribution is 2.30. The summed E-state index contributed by atoms with van der Waals surface area (Å²) in [6.07, 6.45) is 10.4. The summed E-state index contributed by atoms with van der Waals surface area (Å²) < 4.78 is 0. The molecule has 1 aliphatic carbocycles. The van der Waals surface area contributed by atoms with Crippen molar-refractivity contribution < 1.29 is 9.90 Å². The van der Waals surface area contributed by atoms with E-state index in [1.165, 1.54) is 44.9 Å². The lowest BCUT2D eigenvalue weighted by Gasteiger charge is -2.15. The van der Waals surface area contributed by atoms with Gasteiger partial charge in [-0.25, -0.2) is 0 Å². The summed E-state index contributed by atoms with van der Waals surface area (Å²) in [7, 11) is 0. The van der Waals surface area contributed by atoms with Crippen LogP contribution in [0.2, 0.25) is 0 Å². The third-order valence-corrected chi connectivity index (χ3v) is 3.96. The van der Waals surface area contributed by atoms with E-state index in [9.17, 15) is 4.79 Å². The standard InChI is InChI=1S/C14H26O2/c1-11(10-12(2)14(15)16)6-5-9-13-7-3-4-8-13/h11-13H,3-10H2,1-2H3,(H,15,16). The Hall–Kier alpha value is -0.530. The maximum absolute atomic E-state index is 10.7. The lowest BCUT2D eigenvalue weighted by Crippen LogP contribution is -2.13. The van der Waals surface area contributed by atoms with Gasteiger partial charge in [-0.15, -0.1) is 0 Å². The first-order valence-corrected chi connectivity index (χ1v) is 6.82. The molecule has 0 radical (unpaired) electrons. The minimum atomic E-state index is -0.650. The zero-order valence-electron chi connectivity index (χ0n) is 10.7. The van der Waals surface area contributed by atoms with Crippen LogP contribution in [0.5, 0.6) is 0 Å². The predicted octanol–water partition coefficient (Wildman–Crippen LogP) is 4.09. The summed E-state index contributed by atoms with van der Waals surface area (Å²) in [6.45, 7) is 4.00. The molecule has 0 spiro atoms. The number of hydrogen-bond donors (Lipinski definition) is 1. The van der Waals surface area contributed by atoms with Gasteiger partial charge >= 0.3 is 5.97 Å². The number of carboxylic acid groups (broad SMARTS) is 1. The molecule has 0 aliphatic heterocycles. The molecule has 0 aromatic carbocycles. The van der Waals surface area contributed by atoms with Gasteiger partial charge in [0, 0.05) is 0 Å². The Morgan fingerprint density at radius 3 is 2.50 bits per heavy atom. The Morgan fingerprint density at radius 1 is 1.31 bits per heavy atom. The minimum absolute atomic E-state index is 0.179. The molecule has 1 saturated carbocycles. The van der Waals surface area contributed by atoms with Crippen LogP contribution in [0.25, 0.3) is 0 Å². The van der Waals surface area contributed by atoms with Crippen LogP contribution in [0.15, 0.2) is 0 Å². The molecule has 0 aromatic rings. The first-order valence-electron chi connectivity index (χ1n) is 6.82. The highest BCUT2D eigenvalue weighted by atomic mass is 16.4. The molecule has 1 aliphatic rings. The molecule has 2 nitrogen and oxygen atoms in total. The Morgan fingerprint density at radius 2 is 1.94 bits per heavy atom. The fraction of sp³-hybridized carbons (Fsp3) is 0.929. The second kappa shape index (κ2) is 6.93. The topological polar surface area (TPSA) is 37.3 Å². The van der Waals surface area contributed by atoms with Crippen molar-refractivity contribution in [3.05, 3.63) is 0 Å². The average molecular weight is 226 g/mol. The summed E-state index contributed by atoms with van der Waals surface area (Å²) >= 11 is 0. The van der Waals surface area contributed by atoms with Crippen LogP contribution < -0.4 is 0 Å². The van der Waals surface area contributed by atoms with Crippen LogP contribution in [-0.2, 0) is 4.79 Å². The van der Waals surface area contributed by atoms with Gasteiger partial charge in [-0.3, -0.25) is 4.79 Å². The monoisotopic (exact) mass is 226 g/mol. The van der Waals surface area contributed by atoms with Crippen molar-refractivity contribution in [2.45, 2.75) is 65.2 Å². The van der Waals surface area contributed by atoms with Gasteiger partial charge in [0.05, 0.1) is 5.92 Å². The zero-order chi connectivity index (χ0) is 12.0. The summed E-state index contributed by atoms with van der Waals surface area (Å²) in [5.41, 5.74) is 0. The molecule has 0 amide bonds. The first kappa shape index (κ1) is 13.5. The Labute approximate surface area is 99.4 Å². The molecular weight excluding hydrogens is 200 g/mol. The first-order chi connectivity index (χ1) is 7.59. The molecule has 16 heavy (non-hydrogen) atoms. The highest BCUT2D eigenvalue weighted by molar-refractivity contribution is 5.69. The van der Waals surface area contributed by atoms with Crippen molar-refractivity contribution >= 4 is 5.97 Å². The van der Waals surface area contributed by atoms with Gasteiger partial charge in [0.25, 0.3) is 0 Å². The van der Waals surface area contributed by atoms with Crippen molar-refractivity contribution in [2.24, 2.45) is 17.8 Å². The molecule has 1 N–H and O–H groups in total. The van der Waals surface area contributed by atoms with Crippen LogP contribution >= 0.6 is 0 Å². The van der Waals surface area contributed by atoms with E-state index >= 15 is 0 Å². The largest absolute Gasteiger partial charge is 0.481 e. The number of aliphatic carboxylic acids is 1. The molecule has 1 rings (SSSR count). The molecule has 0 saturated heterocycles. The number of carbonyl (C=O) groups is 1. The van der Waals surface area contributed by atoms with Crippen LogP contribution in [0, 0.1) is 17.8 Å². The van der Waals surface area contributed by atoms with Crippen molar-refractivity contribution in [2.75, 3.05) is 0 Å². The van der Waals surface area contributed by atoms with Gasteiger partial charge in [-0.1, -0.05) is 58.8 Å². The Kier molecular flexibility index (Phi) is 5.86. The van der Waals surface area contributed by atoms with Crippen molar-refractivity contribution in [1.82, 2.24) is 0 Å². The summed E-state index contributed by atoms with van der Waals surface area (Å²) in [5.74, 6) is 0.709. The van der Waals surface area contributed by atoms with Crippen LogP contribution in [0.3, 0.4) is 0 Å². The van der Waals surface area contributed by atoms with Crippen LogP contribution in [0.4, 0.5) is 0 Å². The van der Waals surface area contributed by atoms with E-state index in [1.54, 1.807) is 0 Å². The van der Waals surface area contributed by atoms with Gasteiger partial charge in [0.2, 0.25) is 0 Å². The smallest absolute Gasteiger partial charge is 0.306 e. The van der Waals surface area contributed by atoms with E-state index in [0.717, 1.165) is 12.3 Å². The summed E-state index contributed by atoms with van der Waals surface area (Å²) in [4.78, 5) is 10.7. The Bertz CT molecular complexity index is 207. The summed E-state index contributed by atoms with van der Waals surface area (Å²) in [5, 5.41) is 8.83. The van der Waals surface area contributed by atoms with Crippen molar-refractivity contribution in [3.63, 3.8) is 0 Å². The number of hydrogen-bond acceptors (Lipinski definition) is 1. The van der Waals surface area contributed by atoms with Gasteiger partial charge in [-0.2, -0.15) is 0 Å². The maximum atomic E-state index is 10.7. The highest BCUT2D eigenvalue weighted by Gasteiger charge is 2.17. The van der Waals surface area contributed by atoms with E-state index < -0.39 is 5.97 Å². The maximum Gasteiger partial charge on any atom is 0.306 e. The average Bonchev–Trinajstić information content (AvgIpc) is 2.70.